The minimum absolute atomic E-state index is 0.188. The first-order valence-electron chi connectivity index (χ1n) is 9.01. The number of anilines is 5. The van der Waals surface area contributed by atoms with Gasteiger partial charge in [0.2, 0.25) is 0 Å². The first kappa shape index (κ1) is 19.2. The number of nitrogens with zero attached hydrogens (tertiary/aromatic N) is 3. The van der Waals surface area contributed by atoms with Crippen LogP contribution >= 0.6 is 0 Å². The first-order chi connectivity index (χ1) is 13.4. The summed E-state index contributed by atoms with van der Waals surface area (Å²) in [5.74, 6) is 0.497. The van der Waals surface area contributed by atoms with Gasteiger partial charge in [-0.15, -0.1) is 0 Å². The number of carbonyl (C=O) groups is 1. The lowest BCUT2D eigenvalue weighted by molar-refractivity contribution is 0.102. The third kappa shape index (κ3) is 4.79. The maximum absolute atomic E-state index is 12.4. The molecule has 3 rings (SSSR count). The molecule has 0 aliphatic carbocycles. The normalized spacial score (nSPS) is 10.3. The van der Waals surface area contributed by atoms with Crippen molar-refractivity contribution in [3.05, 3.63) is 72.4 Å². The number of hydrogen-bond acceptors (Lipinski definition) is 5. The number of hydrogen-bond donors (Lipinski definition) is 2. The Morgan fingerprint density at radius 3 is 1.75 bits per heavy atom. The molecule has 2 N–H and O–H groups in total. The Labute approximate surface area is 165 Å². The third-order valence-corrected chi connectivity index (χ3v) is 4.32. The van der Waals surface area contributed by atoms with Gasteiger partial charge in [-0.25, -0.2) is 4.98 Å². The molecule has 0 radical (unpaired) electrons. The van der Waals surface area contributed by atoms with Gasteiger partial charge in [0.1, 0.15) is 5.82 Å². The standard InChI is InChI=1S/C22H25N5O/c1-26(2)19-10-6-17(7-11-19)24-21-14-5-16(15-23-21)22(28)25-18-8-12-20(13-9-18)27(3)4/h5-15H,1-4H3,(H,23,24)(H,25,28). The molecule has 1 aromatic heterocycles. The average molecular weight is 375 g/mol. The van der Waals surface area contributed by atoms with Crippen LogP contribution in [0.2, 0.25) is 0 Å². The van der Waals surface area contributed by atoms with E-state index in [1.807, 2.05) is 86.5 Å². The summed E-state index contributed by atoms with van der Waals surface area (Å²) in [6.45, 7) is 0. The van der Waals surface area contributed by atoms with Crippen LogP contribution in [0, 0.1) is 0 Å². The monoisotopic (exact) mass is 375 g/mol. The Morgan fingerprint density at radius 1 is 0.750 bits per heavy atom. The molecule has 0 atom stereocenters. The van der Waals surface area contributed by atoms with Crippen LogP contribution in [0.5, 0.6) is 0 Å². The smallest absolute Gasteiger partial charge is 0.257 e. The summed E-state index contributed by atoms with van der Waals surface area (Å²) in [5.41, 5.74) is 4.40. The molecule has 3 aromatic rings. The molecule has 144 valence electrons. The molecule has 6 heteroatoms. The second-order valence-electron chi connectivity index (χ2n) is 6.89. The predicted molar refractivity (Wildman–Crippen MR) is 117 cm³/mol. The fourth-order valence-electron chi connectivity index (χ4n) is 2.64. The van der Waals surface area contributed by atoms with Crippen molar-refractivity contribution in [1.82, 2.24) is 4.98 Å². The molecule has 0 aliphatic rings. The van der Waals surface area contributed by atoms with Crippen molar-refractivity contribution in [3.63, 3.8) is 0 Å². The molecular weight excluding hydrogens is 350 g/mol. The van der Waals surface area contributed by atoms with Gasteiger partial charge >= 0.3 is 0 Å². The van der Waals surface area contributed by atoms with Crippen molar-refractivity contribution >= 4 is 34.5 Å². The third-order valence-electron chi connectivity index (χ3n) is 4.32. The first-order valence-corrected chi connectivity index (χ1v) is 9.01. The van der Waals surface area contributed by atoms with Gasteiger partial charge in [-0.3, -0.25) is 4.79 Å². The lowest BCUT2D eigenvalue weighted by Crippen LogP contribution is -2.13. The molecule has 28 heavy (non-hydrogen) atoms. The van der Waals surface area contributed by atoms with E-state index in [9.17, 15) is 4.79 Å². The SMILES string of the molecule is CN(C)c1ccc(NC(=O)c2ccc(Nc3ccc(N(C)C)cc3)nc2)cc1. The minimum Gasteiger partial charge on any atom is -0.378 e. The molecule has 0 spiro atoms. The molecule has 2 aromatic carbocycles. The molecule has 0 saturated heterocycles. The molecule has 6 nitrogen and oxygen atoms in total. The van der Waals surface area contributed by atoms with E-state index in [1.165, 1.54) is 0 Å². The largest absolute Gasteiger partial charge is 0.378 e. The maximum Gasteiger partial charge on any atom is 0.257 e. The molecule has 1 heterocycles. The lowest BCUT2D eigenvalue weighted by Gasteiger charge is -2.13. The van der Waals surface area contributed by atoms with Crippen LogP contribution in [0.25, 0.3) is 0 Å². The van der Waals surface area contributed by atoms with Crippen molar-refractivity contribution in [2.24, 2.45) is 0 Å². The number of benzene rings is 2. The van der Waals surface area contributed by atoms with Crippen LogP contribution in [-0.2, 0) is 0 Å². The maximum atomic E-state index is 12.4. The fraction of sp³-hybridized carbons (Fsp3) is 0.182. The quantitative estimate of drug-likeness (QED) is 0.676. The molecule has 0 unspecified atom stereocenters. The van der Waals surface area contributed by atoms with E-state index in [4.69, 9.17) is 0 Å². The molecular formula is C22H25N5O. The average Bonchev–Trinajstić information content (AvgIpc) is 2.69. The summed E-state index contributed by atoms with van der Waals surface area (Å²) in [7, 11) is 7.96. The van der Waals surface area contributed by atoms with E-state index >= 15 is 0 Å². The minimum atomic E-state index is -0.188. The number of aromatic nitrogens is 1. The zero-order chi connectivity index (χ0) is 20.1. The van der Waals surface area contributed by atoms with Crippen LogP contribution in [0.1, 0.15) is 10.4 Å². The van der Waals surface area contributed by atoms with Gasteiger partial charge in [0.05, 0.1) is 5.56 Å². The van der Waals surface area contributed by atoms with Crippen LogP contribution < -0.4 is 20.4 Å². The molecule has 0 aliphatic heterocycles. The Morgan fingerprint density at radius 2 is 1.29 bits per heavy atom. The van der Waals surface area contributed by atoms with E-state index in [1.54, 1.807) is 18.3 Å². The van der Waals surface area contributed by atoms with E-state index in [0.29, 0.717) is 11.4 Å². The van der Waals surface area contributed by atoms with Crippen molar-refractivity contribution in [3.8, 4) is 0 Å². The zero-order valence-corrected chi connectivity index (χ0v) is 16.6. The number of nitrogens with one attached hydrogen (secondary N) is 2. The van der Waals surface area contributed by atoms with Gasteiger partial charge in [0, 0.05) is 57.1 Å². The number of pyridine rings is 1. The van der Waals surface area contributed by atoms with Crippen molar-refractivity contribution < 1.29 is 4.79 Å². The second-order valence-corrected chi connectivity index (χ2v) is 6.89. The highest BCUT2D eigenvalue weighted by atomic mass is 16.1. The van der Waals surface area contributed by atoms with Crippen LogP contribution in [0.4, 0.5) is 28.6 Å². The zero-order valence-electron chi connectivity index (χ0n) is 16.6. The lowest BCUT2D eigenvalue weighted by atomic mass is 10.2. The van der Waals surface area contributed by atoms with Crippen molar-refractivity contribution in [2.45, 2.75) is 0 Å². The second kappa shape index (κ2) is 8.43. The molecule has 1 amide bonds. The highest BCUT2D eigenvalue weighted by Gasteiger charge is 2.07. The van der Waals surface area contributed by atoms with E-state index in [-0.39, 0.29) is 5.91 Å². The van der Waals surface area contributed by atoms with Crippen molar-refractivity contribution in [2.75, 3.05) is 48.6 Å². The van der Waals surface area contributed by atoms with Gasteiger partial charge in [-0.1, -0.05) is 0 Å². The van der Waals surface area contributed by atoms with E-state index in [2.05, 4.69) is 15.6 Å². The Kier molecular flexibility index (Phi) is 5.79. The summed E-state index contributed by atoms with van der Waals surface area (Å²) in [4.78, 5) is 20.8. The summed E-state index contributed by atoms with van der Waals surface area (Å²) < 4.78 is 0. The Balaban J connectivity index is 1.62. The highest BCUT2D eigenvalue weighted by molar-refractivity contribution is 6.04. The van der Waals surface area contributed by atoms with Crippen LogP contribution in [-0.4, -0.2) is 39.1 Å². The topological polar surface area (TPSA) is 60.5 Å². The van der Waals surface area contributed by atoms with Crippen LogP contribution in [0.15, 0.2) is 66.9 Å². The summed E-state index contributed by atoms with van der Waals surface area (Å²) in [6.07, 6.45) is 1.57. The van der Waals surface area contributed by atoms with E-state index in [0.717, 1.165) is 22.7 Å². The number of carbonyl (C=O) groups excluding carboxylic acids is 1. The Hall–Kier alpha value is -3.54. The van der Waals surface area contributed by atoms with E-state index < -0.39 is 0 Å². The summed E-state index contributed by atoms with van der Waals surface area (Å²) in [6, 6.07) is 19.3. The van der Waals surface area contributed by atoms with Gasteiger partial charge in [-0.2, -0.15) is 0 Å². The summed E-state index contributed by atoms with van der Waals surface area (Å²) in [5, 5.41) is 6.12. The van der Waals surface area contributed by atoms with Crippen molar-refractivity contribution in [1.29, 1.82) is 0 Å². The number of rotatable bonds is 6. The van der Waals surface area contributed by atoms with Gasteiger partial charge in [-0.05, 0) is 60.7 Å². The van der Waals surface area contributed by atoms with Crippen LogP contribution in [0.3, 0.4) is 0 Å². The predicted octanol–water partition coefficient (Wildman–Crippen LogP) is 4.21. The van der Waals surface area contributed by atoms with Gasteiger partial charge < -0.3 is 20.4 Å². The number of amides is 1. The highest BCUT2D eigenvalue weighted by Crippen LogP contribution is 2.20. The van der Waals surface area contributed by atoms with Gasteiger partial charge in [0.25, 0.3) is 5.91 Å². The molecule has 0 fully saturated rings. The molecule has 0 bridgehead atoms. The molecule has 0 saturated carbocycles. The Bertz CT molecular complexity index is 917. The summed E-state index contributed by atoms with van der Waals surface area (Å²) >= 11 is 0. The fourth-order valence-corrected chi connectivity index (χ4v) is 2.64. The van der Waals surface area contributed by atoms with Gasteiger partial charge in [0.15, 0.2) is 0 Å².